The van der Waals surface area contributed by atoms with E-state index in [-0.39, 0.29) is 0 Å². The number of hydrogen-bond donors (Lipinski definition) is 1. The summed E-state index contributed by atoms with van der Waals surface area (Å²) in [5, 5.41) is 0. The van der Waals surface area contributed by atoms with Crippen LogP contribution in [0.25, 0.3) is 0 Å². The molecule has 1 unspecified atom stereocenters. The lowest BCUT2D eigenvalue weighted by Crippen LogP contribution is -2.34. The molecule has 2 N–H and O–H groups in total. The monoisotopic (exact) mass is 310 g/mol. The molecule has 0 spiro atoms. The largest absolute Gasteiger partial charge is 0.368 e. The van der Waals surface area contributed by atoms with Gasteiger partial charge in [0.15, 0.2) is 0 Å². The van der Waals surface area contributed by atoms with Crippen molar-refractivity contribution < 1.29 is 0 Å². The first-order valence-electron chi connectivity index (χ1n) is 6.88. The molecule has 1 heterocycles. The Kier molecular flexibility index (Phi) is 4.68. The molecule has 100 valence electrons. The summed E-state index contributed by atoms with van der Waals surface area (Å²) in [5.41, 5.74) is 8.49. The first-order valence-corrected chi connectivity index (χ1v) is 7.68. The molecule has 0 aromatic heterocycles. The number of rotatable bonds is 4. The predicted molar refractivity (Wildman–Crippen MR) is 82.1 cm³/mol. The van der Waals surface area contributed by atoms with Gasteiger partial charge in [0.05, 0.1) is 0 Å². The fourth-order valence-electron chi connectivity index (χ4n) is 2.96. The van der Waals surface area contributed by atoms with E-state index in [9.17, 15) is 0 Å². The zero-order valence-corrected chi connectivity index (χ0v) is 12.9. The van der Waals surface area contributed by atoms with E-state index in [1.807, 2.05) is 0 Å². The minimum Gasteiger partial charge on any atom is -0.368 e. The Morgan fingerprint density at radius 3 is 2.89 bits per heavy atom. The smallest absolute Gasteiger partial charge is 0.0413 e. The maximum absolute atomic E-state index is 5.73. The van der Waals surface area contributed by atoms with Gasteiger partial charge in [-0.1, -0.05) is 35.8 Å². The summed E-state index contributed by atoms with van der Waals surface area (Å²) in [6.07, 6.45) is 3.58. The van der Waals surface area contributed by atoms with Gasteiger partial charge in [-0.15, -0.1) is 0 Å². The molecule has 2 rings (SSSR count). The Morgan fingerprint density at radius 1 is 1.44 bits per heavy atom. The molecule has 1 fully saturated rings. The average Bonchev–Trinajstić information content (AvgIpc) is 2.80. The lowest BCUT2D eigenvalue weighted by atomic mass is 10.0. The summed E-state index contributed by atoms with van der Waals surface area (Å²) in [7, 11) is 0. The third-order valence-corrected chi connectivity index (χ3v) is 4.33. The molecule has 1 aromatic carbocycles. The third kappa shape index (κ3) is 2.89. The quantitative estimate of drug-likeness (QED) is 0.921. The first-order chi connectivity index (χ1) is 8.63. The van der Waals surface area contributed by atoms with Crippen molar-refractivity contribution in [3.05, 3.63) is 28.2 Å². The Labute approximate surface area is 119 Å². The molecule has 1 aromatic rings. The highest BCUT2D eigenvalue weighted by Crippen LogP contribution is 2.34. The second-order valence-electron chi connectivity index (χ2n) is 5.46. The maximum atomic E-state index is 5.73. The molecule has 0 bridgehead atoms. The normalized spacial score (nSPS) is 19.8. The minimum absolute atomic E-state index is 0.677. The van der Waals surface area contributed by atoms with Gasteiger partial charge < -0.3 is 10.6 Å². The van der Waals surface area contributed by atoms with Gasteiger partial charge >= 0.3 is 0 Å². The van der Waals surface area contributed by atoms with E-state index in [1.54, 1.807) is 0 Å². The van der Waals surface area contributed by atoms with Crippen molar-refractivity contribution in [2.75, 3.05) is 18.0 Å². The van der Waals surface area contributed by atoms with Crippen LogP contribution in [-0.2, 0) is 6.42 Å². The summed E-state index contributed by atoms with van der Waals surface area (Å²) < 4.78 is 1.16. The summed E-state index contributed by atoms with van der Waals surface area (Å²) in [6, 6.07) is 7.26. The van der Waals surface area contributed by atoms with Gasteiger partial charge in [0.2, 0.25) is 0 Å². The number of hydrogen-bond acceptors (Lipinski definition) is 2. The molecule has 0 amide bonds. The van der Waals surface area contributed by atoms with Crippen LogP contribution in [0.5, 0.6) is 0 Å². The number of nitrogens with zero attached hydrogens (tertiary/aromatic N) is 1. The van der Waals surface area contributed by atoms with E-state index in [1.165, 1.54) is 30.6 Å². The Bertz CT molecular complexity index is 403. The predicted octanol–water partition coefficient (Wildman–Crippen LogP) is 3.58. The van der Waals surface area contributed by atoms with Gasteiger partial charge in [-0.2, -0.15) is 0 Å². The Balaban J connectivity index is 2.33. The minimum atomic E-state index is 0.677. The van der Waals surface area contributed by atoms with Gasteiger partial charge in [-0.25, -0.2) is 0 Å². The molecule has 1 saturated heterocycles. The van der Waals surface area contributed by atoms with Crippen LogP contribution in [0.15, 0.2) is 22.7 Å². The fourth-order valence-corrected chi connectivity index (χ4v) is 3.31. The van der Waals surface area contributed by atoms with Crippen LogP contribution in [0.1, 0.15) is 32.3 Å². The fraction of sp³-hybridized carbons (Fsp3) is 0.600. The number of anilines is 1. The highest BCUT2D eigenvalue weighted by molar-refractivity contribution is 9.10. The van der Waals surface area contributed by atoms with Crippen LogP contribution in [-0.4, -0.2) is 19.1 Å². The molecule has 0 saturated carbocycles. The summed E-state index contributed by atoms with van der Waals surface area (Å²) in [5.74, 6) is 0.706. The molecule has 2 nitrogen and oxygen atoms in total. The van der Waals surface area contributed by atoms with Crippen molar-refractivity contribution in [2.45, 2.75) is 39.2 Å². The lowest BCUT2D eigenvalue weighted by molar-refractivity contribution is 0.491. The number of nitrogens with two attached hydrogens (primary N) is 1. The highest BCUT2D eigenvalue weighted by atomic mass is 79.9. The topological polar surface area (TPSA) is 29.3 Å². The third-order valence-electron chi connectivity index (χ3n) is 3.84. The van der Waals surface area contributed by atoms with Gasteiger partial charge in [0, 0.05) is 22.7 Å². The van der Waals surface area contributed by atoms with Crippen molar-refractivity contribution in [3.63, 3.8) is 0 Å². The van der Waals surface area contributed by atoms with Crippen LogP contribution < -0.4 is 10.6 Å². The van der Waals surface area contributed by atoms with Crippen LogP contribution in [0, 0.1) is 5.92 Å². The van der Waals surface area contributed by atoms with Crippen LogP contribution >= 0.6 is 15.9 Å². The molecule has 1 aliphatic heterocycles. The van der Waals surface area contributed by atoms with E-state index >= 15 is 0 Å². The van der Waals surface area contributed by atoms with Gasteiger partial charge in [0.25, 0.3) is 0 Å². The van der Waals surface area contributed by atoms with Crippen LogP contribution in [0.4, 0.5) is 5.69 Å². The van der Waals surface area contributed by atoms with Gasteiger partial charge in [0.1, 0.15) is 0 Å². The molecule has 1 aliphatic rings. The average molecular weight is 311 g/mol. The molecule has 0 aliphatic carbocycles. The van der Waals surface area contributed by atoms with Gasteiger partial charge in [-0.3, -0.25) is 0 Å². The maximum Gasteiger partial charge on any atom is 0.0413 e. The molecule has 18 heavy (non-hydrogen) atoms. The Hall–Kier alpha value is -0.540. The van der Waals surface area contributed by atoms with Crippen molar-refractivity contribution in [1.29, 1.82) is 0 Å². The van der Waals surface area contributed by atoms with Gasteiger partial charge in [-0.05, 0) is 49.4 Å². The second kappa shape index (κ2) is 6.07. The van der Waals surface area contributed by atoms with Crippen molar-refractivity contribution >= 4 is 21.6 Å². The van der Waals surface area contributed by atoms with E-state index in [2.05, 4.69) is 52.9 Å². The van der Waals surface area contributed by atoms with E-state index in [0.717, 1.165) is 17.4 Å². The summed E-state index contributed by atoms with van der Waals surface area (Å²) in [6.45, 7) is 6.54. The molecule has 0 radical (unpaired) electrons. The molecular weight excluding hydrogens is 288 g/mol. The first kappa shape index (κ1) is 13.9. The molecular formula is C15H23BrN2. The second-order valence-corrected chi connectivity index (χ2v) is 6.37. The molecule has 1 atom stereocenters. The van der Waals surface area contributed by atoms with E-state index < -0.39 is 0 Å². The summed E-state index contributed by atoms with van der Waals surface area (Å²) in [4.78, 5) is 2.58. The van der Waals surface area contributed by atoms with Crippen molar-refractivity contribution in [2.24, 2.45) is 11.7 Å². The van der Waals surface area contributed by atoms with Crippen molar-refractivity contribution in [3.8, 4) is 0 Å². The zero-order valence-electron chi connectivity index (χ0n) is 11.3. The zero-order chi connectivity index (χ0) is 13.1. The van der Waals surface area contributed by atoms with E-state index in [4.69, 9.17) is 5.73 Å². The van der Waals surface area contributed by atoms with Crippen LogP contribution in [0.3, 0.4) is 0 Å². The molecule has 3 heteroatoms. The number of benzene rings is 1. The van der Waals surface area contributed by atoms with Crippen molar-refractivity contribution in [1.82, 2.24) is 0 Å². The lowest BCUT2D eigenvalue weighted by Gasteiger charge is -2.31. The number of halogens is 1. The van der Waals surface area contributed by atoms with Crippen LogP contribution in [0.2, 0.25) is 0 Å². The summed E-state index contributed by atoms with van der Waals surface area (Å²) >= 11 is 3.59. The Morgan fingerprint density at radius 2 is 2.22 bits per heavy atom. The van der Waals surface area contributed by atoms with E-state index in [0.29, 0.717) is 12.0 Å². The SMILES string of the molecule is CC(C)C1CCCN1c1cc(Br)ccc1CCN. The highest BCUT2D eigenvalue weighted by Gasteiger charge is 2.28. The standard InChI is InChI=1S/C15H23BrN2/c1-11(2)14-4-3-9-18(14)15-10-13(16)6-5-12(15)7-8-17/h5-6,10-11,14H,3-4,7-9,17H2,1-2H3.